The number of nitrogens with one attached hydrogen (secondary N) is 1. The highest BCUT2D eigenvalue weighted by Gasteiger charge is 2.31. The smallest absolute Gasteiger partial charge is 0.317 e. The number of likely N-dealkylation sites (tertiary alicyclic amines) is 2. The van der Waals surface area contributed by atoms with Crippen LogP contribution in [0, 0.1) is 17.2 Å². The molecule has 0 atom stereocenters. The summed E-state index contributed by atoms with van der Waals surface area (Å²) in [6, 6.07) is 5.92. The van der Waals surface area contributed by atoms with Crippen LogP contribution in [-0.4, -0.2) is 72.0 Å². The number of urea groups is 1. The van der Waals surface area contributed by atoms with E-state index in [1.807, 2.05) is 11.0 Å². The molecule has 0 unspecified atom stereocenters. The second-order valence-electron chi connectivity index (χ2n) is 9.23. The molecule has 0 bridgehead atoms. The minimum Gasteiger partial charge on any atom is -0.356 e. The first-order chi connectivity index (χ1) is 15.6. The lowest BCUT2D eigenvalue weighted by Crippen LogP contribution is -2.52. The molecule has 1 aromatic rings. The van der Waals surface area contributed by atoms with Crippen molar-refractivity contribution in [1.82, 2.24) is 20.1 Å². The van der Waals surface area contributed by atoms with Crippen molar-refractivity contribution in [1.29, 1.82) is 5.26 Å². The Kier molecular flexibility index (Phi) is 7.46. The standard InChI is InChI=1S/C24H34N6O2/c25-17-19-5-6-22(26-18-19)28-15-9-21(10-16-28)27-24(32)30-13-7-20(8-14-30)23(31)29-11-3-1-2-4-12-29/h5-6,18,20-21H,1-4,7-16H2,(H,27,32). The van der Waals surface area contributed by atoms with Gasteiger partial charge in [-0.05, 0) is 50.7 Å². The molecule has 172 valence electrons. The molecule has 4 rings (SSSR count). The summed E-state index contributed by atoms with van der Waals surface area (Å²) in [7, 11) is 0. The quantitative estimate of drug-likeness (QED) is 0.783. The molecule has 0 spiro atoms. The third-order valence-electron chi connectivity index (χ3n) is 7.07. The molecular formula is C24H34N6O2. The SMILES string of the molecule is N#Cc1ccc(N2CCC(NC(=O)N3CCC(C(=O)N4CCCCCC4)CC3)CC2)nc1. The zero-order valence-corrected chi connectivity index (χ0v) is 18.8. The molecule has 1 aromatic heterocycles. The van der Waals surface area contributed by atoms with Gasteiger partial charge in [0.1, 0.15) is 11.9 Å². The zero-order valence-electron chi connectivity index (χ0n) is 18.8. The van der Waals surface area contributed by atoms with E-state index < -0.39 is 0 Å². The maximum atomic E-state index is 12.9. The van der Waals surface area contributed by atoms with Crippen LogP contribution in [0.3, 0.4) is 0 Å². The second-order valence-corrected chi connectivity index (χ2v) is 9.23. The second kappa shape index (κ2) is 10.7. The monoisotopic (exact) mass is 438 g/mol. The van der Waals surface area contributed by atoms with Crippen LogP contribution in [0.2, 0.25) is 0 Å². The Morgan fingerprint density at radius 2 is 1.59 bits per heavy atom. The minimum absolute atomic E-state index is 0.000574. The van der Waals surface area contributed by atoms with E-state index in [1.54, 1.807) is 12.3 Å². The Balaban J connectivity index is 1.19. The summed E-state index contributed by atoms with van der Waals surface area (Å²) in [4.78, 5) is 36.1. The fraction of sp³-hybridized carbons (Fsp3) is 0.667. The molecule has 3 aliphatic heterocycles. The Bertz CT molecular complexity index is 812. The predicted molar refractivity (Wildman–Crippen MR) is 122 cm³/mol. The van der Waals surface area contributed by atoms with Gasteiger partial charge in [-0.1, -0.05) is 12.8 Å². The van der Waals surface area contributed by atoms with Crippen molar-refractivity contribution in [2.24, 2.45) is 5.92 Å². The van der Waals surface area contributed by atoms with Gasteiger partial charge < -0.3 is 20.0 Å². The van der Waals surface area contributed by atoms with Gasteiger partial charge in [-0.2, -0.15) is 5.26 Å². The highest BCUT2D eigenvalue weighted by Crippen LogP contribution is 2.23. The molecule has 0 radical (unpaired) electrons. The third kappa shape index (κ3) is 5.50. The van der Waals surface area contributed by atoms with Gasteiger partial charge in [-0.15, -0.1) is 0 Å². The number of rotatable bonds is 3. The zero-order chi connectivity index (χ0) is 22.3. The predicted octanol–water partition coefficient (Wildman–Crippen LogP) is 2.75. The number of anilines is 1. The number of aromatic nitrogens is 1. The van der Waals surface area contributed by atoms with Crippen LogP contribution in [0.4, 0.5) is 10.6 Å². The lowest BCUT2D eigenvalue weighted by atomic mass is 9.95. The van der Waals surface area contributed by atoms with E-state index in [9.17, 15) is 9.59 Å². The summed E-state index contributed by atoms with van der Waals surface area (Å²) in [6.45, 7) is 4.77. The van der Waals surface area contributed by atoms with E-state index >= 15 is 0 Å². The van der Waals surface area contributed by atoms with Crippen molar-refractivity contribution in [2.45, 2.75) is 57.4 Å². The highest BCUT2D eigenvalue weighted by molar-refractivity contribution is 5.80. The molecule has 3 fully saturated rings. The van der Waals surface area contributed by atoms with Gasteiger partial charge in [-0.25, -0.2) is 9.78 Å². The summed E-state index contributed by atoms with van der Waals surface area (Å²) in [5.74, 6) is 1.25. The fourth-order valence-electron chi connectivity index (χ4n) is 5.04. The van der Waals surface area contributed by atoms with Crippen LogP contribution in [0.15, 0.2) is 18.3 Å². The van der Waals surface area contributed by atoms with Crippen LogP contribution in [0.25, 0.3) is 0 Å². The van der Waals surface area contributed by atoms with Gasteiger partial charge in [0.05, 0.1) is 5.56 Å². The molecule has 8 nitrogen and oxygen atoms in total. The largest absolute Gasteiger partial charge is 0.356 e. The number of pyridine rings is 1. The van der Waals surface area contributed by atoms with Crippen molar-refractivity contribution >= 4 is 17.8 Å². The third-order valence-corrected chi connectivity index (χ3v) is 7.07. The number of nitriles is 1. The average Bonchev–Trinajstić information content (AvgIpc) is 3.14. The topological polar surface area (TPSA) is 92.6 Å². The lowest BCUT2D eigenvalue weighted by Gasteiger charge is -2.37. The fourth-order valence-corrected chi connectivity index (χ4v) is 5.04. The number of carbonyl (C=O) groups is 2. The molecule has 0 aromatic carbocycles. The van der Waals surface area contributed by atoms with E-state index in [0.29, 0.717) is 24.6 Å². The maximum absolute atomic E-state index is 12.9. The van der Waals surface area contributed by atoms with Gasteiger partial charge in [0, 0.05) is 57.4 Å². The minimum atomic E-state index is 0.000574. The Hall–Kier alpha value is -2.82. The number of hydrogen-bond donors (Lipinski definition) is 1. The first kappa shape index (κ1) is 22.4. The van der Waals surface area contributed by atoms with Crippen molar-refractivity contribution in [2.75, 3.05) is 44.2 Å². The number of carbonyl (C=O) groups excluding carboxylic acids is 2. The van der Waals surface area contributed by atoms with Crippen LogP contribution < -0.4 is 10.2 Å². The molecule has 3 aliphatic rings. The van der Waals surface area contributed by atoms with E-state index in [1.165, 1.54) is 12.8 Å². The average molecular weight is 439 g/mol. The van der Waals surface area contributed by atoms with Gasteiger partial charge in [0.25, 0.3) is 0 Å². The van der Waals surface area contributed by atoms with Crippen LogP contribution in [0.5, 0.6) is 0 Å². The molecule has 8 heteroatoms. The van der Waals surface area contributed by atoms with Gasteiger partial charge in [0.2, 0.25) is 5.91 Å². The summed E-state index contributed by atoms with van der Waals surface area (Å²) in [5, 5.41) is 12.1. The van der Waals surface area contributed by atoms with Crippen molar-refractivity contribution in [3.63, 3.8) is 0 Å². The summed E-state index contributed by atoms with van der Waals surface area (Å²) >= 11 is 0. The van der Waals surface area contributed by atoms with E-state index in [0.717, 1.165) is 70.5 Å². The lowest BCUT2D eigenvalue weighted by molar-refractivity contribution is -0.136. The number of amides is 3. The van der Waals surface area contributed by atoms with Crippen molar-refractivity contribution in [3.8, 4) is 6.07 Å². The van der Waals surface area contributed by atoms with Gasteiger partial charge >= 0.3 is 6.03 Å². The normalized spacial score (nSPS) is 21.0. The van der Waals surface area contributed by atoms with Crippen molar-refractivity contribution < 1.29 is 9.59 Å². The first-order valence-electron chi connectivity index (χ1n) is 12.1. The number of piperidine rings is 2. The molecule has 0 aliphatic carbocycles. The maximum Gasteiger partial charge on any atom is 0.317 e. The number of hydrogen-bond acceptors (Lipinski definition) is 5. The summed E-state index contributed by atoms with van der Waals surface area (Å²) in [5.41, 5.74) is 0.563. The van der Waals surface area contributed by atoms with E-state index in [4.69, 9.17) is 5.26 Å². The molecule has 32 heavy (non-hydrogen) atoms. The van der Waals surface area contributed by atoms with Crippen LogP contribution >= 0.6 is 0 Å². The Morgan fingerprint density at radius 1 is 0.906 bits per heavy atom. The number of nitrogens with zero attached hydrogens (tertiary/aromatic N) is 5. The van der Waals surface area contributed by atoms with E-state index in [2.05, 4.69) is 26.2 Å². The Morgan fingerprint density at radius 3 is 2.19 bits per heavy atom. The molecule has 3 amide bonds. The Labute approximate surface area is 190 Å². The molecule has 1 N–H and O–H groups in total. The molecular weight excluding hydrogens is 404 g/mol. The highest BCUT2D eigenvalue weighted by atomic mass is 16.2. The molecule has 0 saturated carbocycles. The van der Waals surface area contributed by atoms with Crippen LogP contribution in [0.1, 0.15) is 56.9 Å². The van der Waals surface area contributed by atoms with Crippen molar-refractivity contribution in [3.05, 3.63) is 23.9 Å². The van der Waals surface area contributed by atoms with Gasteiger partial charge in [0.15, 0.2) is 0 Å². The van der Waals surface area contributed by atoms with Gasteiger partial charge in [-0.3, -0.25) is 4.79 Å². The first-order valence-corrected chi connectivity index (χ1v) is 12.1. The van der Waals surface area contributed by atoms with E-state index in [-0.39, 0.29) is 18.0 Å². The van der Waals surface area contributed by atoms with Crippen LogP contribution in [-0.2, 0) is 4.79 Å². The summed E-state index contributed by atoms with van der Waals surface area (Å²) < 4.78 is 0. The molecule has 3 saturated heterocycles. The summed E-state index contributed by atoms with van der Waals surface area (Å²) in [6.07, 6.45) is 9.58. The molecule has 4 heterocycles.